The third kappa shape index (κ3) is 3.91. The number of fused-ring (bicyclic) bond motifs is 1. The van der Waals surface area contributed by atoms with Gasteiger partial charge in [0.15, 0.2) is 0 Å². The van der Waals surface area contributed by atoms with Crippen LogP contribution in [0.5, 0.6) is 0 Å². The molecule has 2 aliphatic rings. The molecule has 0 saturated heterocycles. The van der Waals surface area contributed by atoms with Crippen LogP contribution in [0.15, 0.2) is 48.5 Å². The summed E-state index contributed by atoms with van der Waals surface area (Å²) >= 11 is 0. The first-order valence-corrected chi connectivity index (χ1v) is 10.00. The van der Waals surface area contributed by atoms with Gasteiger partial charge in [0, 0.05) is 19.0 Å². The molecule has 2 aromatic carbocycles. The number of carbonyl (C=O) groups is 1. The van der Waals surface area contributed by atoms with Crippen LogP contribution < -0.4 is 5.73 Å². The molecule has 0 bridgehead atoms. The Bertz CT molecular complexity index is 796. The second-order valence-electron chi connectivity index (χ2n) is 7.97. The van der Waals surface area contributed by atoms with E-state index < -0.39 is 0 Å². The van der Waals surface area contributed by atoms with Gasteiger partial charge in [-0.3, -0.25) is 4.79 Å². The van der Waals surface area contributed by atoms with Crippen LogP contribution >= 0.6 is 0 Å². The van der Waals surface area contributed by atoms with Crippen LogP contribution in [0.3, 0.4) is 0 Å². The lowest BCUT2D eigenvalue weighted by Crippen LogP contribution is -2.41. The van der Waals surface area contributed by atoms with Gasteiger partial charge in [0.1, 0.15) is 5.82 Å². The standard InChI is InChI=1S/C23H27FN2O/c24-19-9-7-18(8-10-19)23-21-4-2-1-3-17(21)13-14-26(23)22(27)15-16-5-11-20(25)12-6-16/h1-4,7-10,16,20,23H,5-6,11-15,25H2. The highest BCUT2D eigenvalue weighted by molar-refractivity contribution is 5.78. The Labute approximate surface area is 160 Å². The first kappa shape index (κ1) is 18.2. The molecule has 1 atom stereocenters. The van der Waals surface area contributed by atoms with E-state index in [2.05, 4.69) is 12.1 Å². The van der Waals surface area contributed by atoms with Gasteiger partial charge in [-0.1, -0.05) is 36.4 Å². The number of halogens is 1. The van der Waals surface area contributed by atoms with E-state index in [1.807, 2.05) is 29.2 Å². The molecule has 27 heavy (non-hydrogen) atoms. The van der Waals surface area contributed by atoms with E-state index in [4.69, 9.17) is 5.73 Å². The van der Waals surface area contributed by atoms with Crippen molar-refractivity contribution < 1.29 is 9.18 Å². The maximum Gasteiger partial charge on any atom is 0.223 e. The lowest BCUT2D eigenvalue weighted by molar-refractivity contribution is -0.134. The average Bonchev–Trinajstić information content (AvgIpc) is 2.69. The van der Waals surface area contributed by atoms with Gasteiger partial charge < -0.3 is 10.6 Å². The number of hydrogen-bond donors (Lipinski definition) is 1. The summed E-state index contributed by atoms with van der Waals surface area (Å²) in [4.78, 5) is 15.2. The van der Waals surface area contributed by atoms with Crippen LogP contribution in [0.4, 0.5) is 4.39 Å². The molecular weight excluding hydrogens is 339 g/mol. The molecule has 4 rings (SSSR count). The van der Waals surface area contributed by atoms with Gasteiger partial charge in [0.25, 0.3) is 0 Å². The van der Waals surface area contributed by atoms with Crippen molar-refractivity contribution in [2.24, 2.45) is 11.7 Å². The summed E-state index contributed by atoms with van der Waals surface area (Å²) in [7, 11) is 0. The van der Waals surface area contributed by atoms with E-state index in [-0.39, 0.29) is 17.8 Å². The number of nitrogens with zero attached hydrogens (tertiary/aromatic N) is 1. The fraction of sp³-hybridized carbons (Fsp3) is 0.435. The lowest BCUT2D eigenvalue weighted by atomic mass is 9.83. The summed E-state index contributed by atoms with van der Waals surface area (Å²) in [5, 5.41) is 0. The fourth-order valence-corrected chi connectivity index (χ4v) is 4.60. The topological polar surface area (TPSA) is 46.3 Å². The Morgan fingerprint density at radius 1 is 1.04 bits per heavy atom. The zero-order valence-corrected chi connectivity index (χ0v) is 15.6. The van der Waals surface area contributed by atoms with E-state index in [0.29, 0.717) is 24.9 Å². The van der Waals surface area contributed by atoms with Crippen molar-refractivity contribution in [1.29, 1.82) is 0 Å². The lowest BCUT2D eigenvalue weighted by Gasteiger charge is -2.39. The van der Waals surface area contributed by atoms with Crippen molar-refractivity contribution in [2.45, 2.75) is 50.6 Å². The average molecular weight is 366 g/mol. The van der Waals surface area contributed by atoms with E-state index in [1.54, 1.807) is 0 Å². The summed E-state index contributed by atoms with van der Waals surface area (Å²) in [6.07, 6.45) is 5.57. The minimum absolute atomic E-state index is 0.131. The zero-order chi connectivity index (χ0) is 18.8. The summed E-state index contributed by atoms with van der Waals surface area (Å²) in [6.45, 7) is 0.712. The smallest absolute Gasteiger partial charge is 0.223 e. The Morgan fingerprint density at radius 3 is 2.48 bits per heavy atom. The molecule has 1 aliphatic heterocycles. The van der Waals surface area contributed by atoms with Gasteiger partial charge in [-0.15, -0.1) is 0 Å². The normalized spacial score (nSPS) is 25.1. The molecule has 1 saturated carbocycles. The monoisotopic (exact) mass is 366 g/mol. The van der Waals surface area contributed by atoms with Crippen molar-refractivity contribution in [3.8, 4) is 0 Å². The number of amides is 1. The quantitative estimate of drug-likeness (QED) is 0.885. The highest BCUT2D eigenvalue weighted by Crippen LogP contribution is 2.37. The van der Waals surface area contributed by atoms with Gasteiger partial charge in [0.05, 0.1) is 6.04 Å². The molecule has 1 fully saturated rings. The molecule has 142 valence electrons. The van der Waals surface area contributed by atoms with Gasteiger partial charge in [-0.25, -0.2) is 4.39 Å². The maximum absolute atomic E-state index is 13.5. The van der Waals surface area contributed by atoms with Crippen LogP contribution in [0.1, 0.15) is 54.8 Å². The van der Waals surface area contributed by atoms with Crippen LogP contribution in [0, 0.1) is 11.7 Å². The molecule has 2 aromatic rings. The number of nitrogens with two attached hydrogens (primary N) is 1. The minimum Gasteiger partial charge on any atom is -0.331 e. The number of rotatable bonds is 3. The van der Waals surface area contributed by atoms with E-state index in [0.717, 1.165) is 43.2 Å². The molecule has 1 heterocycles. The SMILES string of the molecule is NC1CCC(CC(=O)N2CCc3ccccc3C2c2ccc(F)cc2)CC1. The summed E-state index contributed by atoms with van der Waals surface area (Å²) in [6, 6.07) is 15.0. The zero-order valence-electron chi connectivity index (χ0n) is 15.6. The number of benzene rings is 2. The largest absolute Gasteiger partial charge is 0.331 e. The molecule has 1 amide bonds. The number of hydrogen-bond acceptors (Lipinski definition) is 2. The molecule has 1 aliphatic carbocycles. The number of carbonyl (C=O) groups excluding carboxylic acids is 1. The molecular formula is C23H27FN2O. The fourth-order valence-electron chi connectivity index (χ4n) is 4.60. The predicted molar refractivity (Wildman–Crippen MR) is 105 cm³/mol. The van der Waals surface area contributed by atoms with Crippen molar-refractivity contribution in [2.75, 3.05) is 6.54 Å². The van der Waals surface area contributed by atoms with E-state index >= 15 is 0 Å². The third-order valence-corrected chi connectivity index (χ3v) is 6.14. The molecule has 0 spiro atoms. The molecule has 3 nitrogen and oxygen atoms in total. The molecule has 0 radical (unpaired) electrons. The summed E-state index contributed by atoms with van der Waals surface area (Å²) < 4.78 is 13.5. The Morgan fingerprint density at radius 2 is 1.74 bits per heavy atom. The Hall–Kier alpha value is -2.20. The molecule has 1 unspecified atom stereocenters. The van der Waals surface area contributed by atoms with Crippen molar-refractivity contribution >= 4 is 5.91 Å². The second-order valence-corrected chi connectivity index (χ2v) is 7.97. The van der Waals surface area contributed by atoms with Gasteiger partial charge >= 0.3 is 0 Å². The van der Waals surface area contributed by atoms with E-state index in [9.17, 15) is 9.18 Å². The van der Waals surface area contributed by atoms with Gasteiger partial charge in [-0.05, 0) is 66.8 Å². The van der Waals surface area contributed by atoms with Crippen LogP contribution in [-0.2, 0) is 11.2 Å². The second kappa shape index (κ2) is 7.81. The van der Waals surface area contributed by atoms with Crippen LogP contribution in [-0.4, -0.2) is 23.4 Å². The predicted octanol–water partition coefficient (Wildman–Crippen LogP) is 4.21. The highest BCUT2D eigenvalue weighted by atomic mass is 19.1. The van der Waals surface area contributed by atoms with Crippen LogP contribution in [0.25, 0.3) is 0 Å². The van der Waals surface area contributed by atoms with Crippen molar-refractivity contribution in [3.05, 3.63) is 71.0 Å². The first-order valence-electron chi connectivity index (χ1n) is 10.00. The van der Waals surface area contributed by atoms with Gasteiger partial charge in [0.2, 0.25) is 5.91 Å². The van der Waals surface area contributed by atoms with Crippen molar-refractivity contribution in [3.63, 3.8) is 0 Å². The van der Waals surface area contributed by atoms with Gasteiger partial charge in [-0.2, -0.15) is 0 Å². The third-order valence-electron chi connectivity index (χ3n) is 6.14. The first-order chi connectivity index (χ1) is 13.1. The molecule has 0 aromatic heterocycles. The minimum atomic E-state index is -0.251. The Kier molecular flexibility index (Phi) is 5.26. The molecule has 4 heteroatoms. The maximum atomic E-state index is 13.5. The highest BCUT2D eigenvalue weighted by Gasteiger charge is 2.33. The van der Waals surface area contributed by atoms with Crippen molar-refractivity contribution in [1.82, 2.24) is 4.90 Å². The molecule has 2 N–H and O–H groups in total. The Balaban J connectivity index is 1.60. The summed E-state index contributed by atoms with van der Waals surface area (Å²) in [5.41, 5.74) is 9.42. The van der Waals surface area contributed by atoms with Crippen LogP contribution in [0.2, 0.25) is 0 Å². The van der Waals surface area contributed by atoms with E-state index in [1.165, 1.54) is 17.7 Å². The summed E-state index contributed by atoms with van der Waals surface area (Å²) in [5.74, 6) is 0.391.